The van der Waals surface area contributed by atoms with Gasteiger partial charge in [0.05, 0.1) is 17.8 Å². The van der Waals surface area contributed by atoms with E-state index in [1.807, 2.05) is 6.07 Å². The van der Waals surface area contributed by atoms with Gasteiger partial charge in [0.2, 0.25) is 5.95 Å². The molecule has 0 radical (unpaired) electrons. The summed E-state index contributed by atoms with van der Waals surface area (Å²) in [5.74, 6) is 1.81. The molecule has 5 atom stereocenters. The van der Waals surface area contributed by atoms with E-state index in [0.717, 1.165) is 70.9 Å². The number of ether oxygens (including phenoxy) is 1. The van der Waals surface area contributed by atoms with Crippen LogP contribution < -0.4 is 10.2 Å². The number of carbonyl (C=O) groups excluding carboxylic acids is 1. The fraction of sp³-hybridized carbons (Fsp3) is 0.786. The van der Waals surface area contributed by atoms with Crippen molar-refractivity contribution in [1.82, 2.24) is 15.2 Å². The molecule has 7 aliphatic rings. The van der Waals surface area contributed by atoms with E-state index in [4.69, 9.17) is 4.74 Å². The summed E-state index contributed by atoms with van der Waals surface area (Å²) in [6, 6.07) is 5.87. The lowest BCUT2D eigenvalue weighted by Gasteiger charge is -2.58. The predicted octanol–water partition coefficient (Wildman–Crippen LogP) is 3.85. The summed E-state index contributed by atoms with van der Waals surface area (Å²) >= 11 is 0. The Hall–Kier alpha value is -1.93. The molecule has 2 N–H and O–H groups in total. The van der Waals surface area contributed by atoms with Gasteiger partial charge in [-0.3, -0.25) is 0 Å². The van der Waals surface area contributed by atoms with Crippen molar-refractivity contribution in [1.29, 1.82) is 0 Å². The summed E-state index contributed by atoms with van der Waals surface area (Å²) in [5, 5.41) is 14.4. The molecule has 196 valence electrons. The van der Waals surface area contributed by atoms with Gasteiger partial charge in [0.1, 0.15) is 5.82 Å². The van der Waals surface area contributed by atoms with Crippen LogP contribution in [-0.2, 0) is 4.74 Å². The molecule has 4 unspecified atom stereocenters. The van der Waals surface area contributed by atoms with Crippen molar-refractivity contribution >= 4 is 11.8 Å². The molecule has 3 aliphatic heterocycles. The Kier molecular flexibility index (Phi) is 5.69. The molecule has 2 amide bonds. The van der Waals surface area contributed by atoms with Gasteiger partial charge in [0.25, 0.3) is 0 Å². The number of piperidine rings is 2. The first-order valence-corrected chi connectivity index (χ1v) is 14.3. The SMILES string of the molecule is O=C(NC1C2CC3CC1CC(O)(C3)C2)N1C2CC[C@H]1CC(OC1CCN(c3cccc(F)n3)CC1)C2. The quantitative estimate of drug-likeness (QED) is 0.617. The van der Waals surface area contributed by atoms with E-state index in [9.17, 15) is 14.3 Å². The molecule has 3 saturated heterocycles. The molecule has 6 bridgehead atoms. The second kappa shape index (κ2) is 8.83. The molecule has 1 aromatic rings. The Morgan fingerprint density at radius 3 is 2.33 bits per heavy atom. The molecular formula is C28H39FN4O3. The van der Waals surface area contributed by atoms with E-state index >= 15 is 0 Å². The zero-order valence-electron chi connectivity index (χ0n) is 21.0. The van der Waals surface area contributed by atoms with Gasteiger partial charge in [0, 0.05) is 31.2 Å². The van der Waals surface area contributed by atoms with Gasteiger partial charge in [-0.2, -0.15) is 4.39 Å². The number of nitrogens with one attached hydrogen (secondary N) is 1. The minimum absolute atomic E-state index is 0.126. The number of aromatic nitrogens is 1. The minimum Gasteiger partial charge on any atom is -0.390 e. The van der Waals surface area contributed by atoms with Gasteiger partial charge in [0.15, 0.2) is 0 Å². The van der Waals surface area contributed by atoms with Crippen molar-refractivity contribution in [2.24, 2.45) is 17.8 Å². The molecule has 1 aromatic heterocycles. The highest BCUT2D eigenvalue weighted by atomic mass is 19.1. The summed E-state index contributed by atoms with van der Waals surface area (Å²) in [5.41, 5.74) is -0.462. The molecule has 8 heteroatoms. The van der Waals surface area contributed by atoms with Crippen LogP contribution in [0.15, 0.2) is 18.2 Å². The van der Waals surface area contributed by atoms with Crippen LogP contribution in [0.5, 0.6) is 0 Å². The third-order valence-corrected chi connectivity index (χ3v) is 10.3. The number of aliphatic hydroxyl groups is 1. The van der Waals surface area contributed by atoms with Gasteiger partial charge in [-0.1, -0.05) is 6.07 Å². The number of hydrogen-bond acceptors (Lipinski definition) is 5. The number of amides is 2. The van der Waals surface area contributed by atoms with E-state index < -0.39 is 11.5 Å². The summed E-state index contributed by atoms with van der Waals surface area (Å²) in [7, 11) is 0. The van der Waals surface area contributed by atoms with E-state index in [1.54, 1.807) is 6.07 Å². The van der Waals surface area contributed by atoms with Crippen molar-refractivity contribution in [2.75, 3.05) is 18.0 Å². The highest BCUT2D eigenvalue weighted by Crippen LogP contribution is 2.55. The number of urea groups is 1. The Labute approximate surface area is 212 Å². The van der Waals surface area contributed by atoms with Crippen LogP contribution in [0.25, 0.3) is 0 Å². The second-order valence-corrected chi connectivity index (χ2v) is 12.7. The number of anilines is 1. The Bertz CT molecular complexity index is 971. The number of hydrogen-bond donors (Lipinski definition) is 2. The smallest absolute Gasteiger partial charge is 0.318 e. The topological polar surface area (TPSA) is 77.9 Å². The molecule has 0 aromatic carbocycles. The van der Waals surface area contributed by atoms with Crippen molar-refractivity contribution in [3.05, 3.63) is 24.1 Å². The summed E-state index contributed by atoms with van der Waals surface area (Å²) in [4.78, 5) is 21.8. The lowest BCUT2D eigenvalue weighted by Crippen LogP contribution is -2.64. The lowest BCUT2D eigenvalue weighted by atomic mass is 9.52. The first-order valence-electron chi connectivity index (χ1n) is 14.3. The monoisotopic (exact) mass is 498 g/mol. The molecule has 7 fully saturated rings. The Morgan fingerprint density at radius 2 is 1.69 bits per heavy atom. The molecular weight excluding hydrogens is 459 g/mol. The van der Waals surface area contributed by atoms with Gasteiger partial charge in [-0.05, 0) is 101 Å². The van der Waals surface area contributed by atoms with Gasteiger partial charge in [-0.15, -0.1) is 0 Å². The molecule has 7 nitrogen and oxygen atoms in total. The van der Waals surface area contributed by atoms with Crippen molar-refractivity contribution in [2.45, 2.75) is 107 Å². The average molecular weight is 499 g/mol. The fourth-order valence-electron chi connectivity index (χ4n) is 9.07. The van der Waals surface area contributed by atoms with E-state index in [0.29, 0.717) is 23.6 Å². The largest absolute Gasteiger partial charge is 0.390 e. The third-order valence-electron chi connectivity index (χ3n) is 10.3. The fourth-order valence-corrected chi connectivity index (χ4v) is 9.07. The number of rotatable bonds is 4. The molecule has 0 spiro atoms. The van der Waals surface area contributed by atoms with E-state index in [2.05, 4.69) is 20.1 Å². The maximum Gasteiger partial charge on any atom is 0.318 e. The van der Waals surface area contributed by atoms with E-state index in [-0.39, 0.29) is 36.4 Å². The molecule has 4 aliphatic carbocycles. The van der Waals surface area contributed by atoms with Crippen LogP contribution in [0.3, 0.4) is 0 Å². The van der Waals surface area contributed by atoms with Crippen LogP contribution >= 0.6 is 0 Å². The summed E-state index contributed by atoms with van der Waals surface area (Å²) < 4.78 is 20.1. The van der Waals surface area contributed by atoms with Crippen LogP contribution in [0, 0.1) is 23.7 Å². The highest BCUT2D eigenvalue weighted by Gasteiger charge is 2.55. The average Bonchev–Trinajstić information content (AvgIpc) is 3.11. The first kappa shape index (κ1) is 23.2. The van der Waals surface area contributed by atoms with Gasteiger partial charge in [-0.25, -0.2) is 9.78 Å². The molecule has 4 saturated carbocycles. The summed E-state index contributed by atoms with van der Waals surface area (Å²) in [6.45, 7) is 1.66. The number of pyridine rings is 1. The maximum atomic E-state index is 13.5. The van der Waals surface area contributed by atoms with Crippen LogP contribution in [-0.4, -0.2) is 70.0 Å². The number of fused-ring (bicyclic) bond motifs is 2. The van der Waals surface area contributed by atoms with Crippen molar-refractivity contribution in [3.63, 3.8) is 0 Å². The molecule has 4 heterocycles. The lowest BCUT2D eigenvalue weighted by molar-refractivity contribution is -0.137. The zero-order chi connectivity index (χ0) is 24.4. The first-order chi connectivity index (χ1) is 17.4. The standard InChI is InChI=1S/C28H39FN4O3/c29-24-2-1-3-25(30-24)32-8-6-22(7-9-32)36-23-12-20-4-5-21(13-23)33(20)27(34)31-26-18-10-17-11-19(26)16-28(35,14-17)15-18/h1-3,17-23,26,35H,4-16H2,(H,31,34)/t17?,18?,19?,20-,21?,23?,26?,28?/m0/s1. The molecule has 8 rings (SSSR count). The van der Waals surface area contributed by atoms with Crippen LogP contribution in [0.1, 0.15) is 70.6 Å². The van der Waals surface area contributed by atoms with E-state index in [1.165, 1.54) is 18.9 Å². The third kappa shape index (κ3) is 4.18. The van der Waals surface area contributed by atoms with Crippen molar-refractivity contribution in [3.8, 4) is 0 Å². The zero-order valence-corrected chi connectivity index (χ0v) is 21.0. The second-order valence-electron chi connectivity index (χ2n) is 12.7. The van der Waals surface area contributed by atoms with Gasteiger partial charge < -0.3 is 25.0 Å². The Morgan fingerprint density at radius 1 is 1.00 bits per heavy atom. The predicted molar refractivity (Wildman–Crippen MR) is 133 cm³/mol. The van der Waals surface area contributed by atoms with Gasteiger partial charge >= 0.3 is 6.03 Å². The molecule has 36 heavy (non-hydrogen) atoms. The Balaban J connectivity index is 0.924. The number of nitrogens with zero attached hydrogens (tertiary/aromatic N) is 3. The maximum absolute atomic E-state index is 13.5. The normalized spacial score (nSPS) is 41.7. The highest BCUT2D eigenvalue weighted by molar-refractivity contribution is 5.76. The number of halogens is 1. The van der Waals surface area contributed by atoms with Crippen molar-refractivity contribution < 1.29 is 19.0 Å². The minimum atomic E-state index is -0.462. The number of carbonyl (C=O) groups is 1. The summed E-state index contributed by atoms with van der Waals surface area (Å²) in [6.07, 6.45) is 11.3. The van der Waals surface area contributed by atoms with Crippen LogP contribution in [0.4, 0.5) is 15.0 Å². The van der Waals surface area contributed by atoms with Crippen LogP contribution in [0.2, 0.25) is 0 Å².